The topological polar surface area (TPSA) is 63.8 Å². The minimum absolute atomic E-state index is 0.0604. The van der Waals surface area contributed by atoms with E-state index in [1.165, 1.54) is 0 Å². The molecule has 0 spiro atoms. The summed E-state index contributed by atoms with van der Waals surface area (Å²) in [6, 6.07) is 4.04. The van der Waals surface area contributed by atoms with Crippen molar-refractivity contribution in [3.63, 3.8) is 0 Å². The molecule has 2 aromatic heterocycles. The number of hydrogen-bond donors (Lipinski definition) is 2. The fourth-order valence-corrected chi connectivity index (χ4v) is 2.46. The van der Waals surface area contributed by atoms with Gasteiger partial charge in [0.25, 0.3) is 0 Å². The number of rotatable bonds is 4. The zero-order valence-corrected chi connectivity index (χ0v) is 10.8. The van der Waals surface area contributed by atoms with Gasteiger partial charge in [-0.05, 0) is 25.5 Å². The Labute approximate surface area is 105 Å². The van der Waals surface area contributed by atoms with Crippen LogP contribution in [0.5, 0.6) is 0 Å². The molecule has 0 aliphatic carbocycles. The van der Waals surface area contributed by atoms with E-state index in [0.717, 1.165) is 28.4 Å². The summed E-state index contributed by atoms with van der Waals surface area (Å²) in [5.41, 5.74) is 6.04. The second-order valence-electron chi connectivity index (χ2n) is 3.96. The molecule has 0 amide bonds. The molecule has 0 fully saturated rings. The van der Waals surface area contributed by atoms with E-state index in [9.17, 15) is 0 Å². The summed E-state index contributed by atoms with van der Waals surface area (Å²) in [5, 5.41) is 3.16. The molecule has 2 heterocycles. The van der Waals surface area contributed by atoms with E-state index in [-0.39, 0.29) is 6.04 Å². The molecule has 0 saturated carbocycles. The van der Waals surface area contributed by atoms with Gasteiger partial charge in [-0.2, -0.15) is 0 Å². The third-order valence-corrected chi connectivity index (χ3v) is 3.53. The summed E-state index contributed by atoms with van der Waals surface area (Å²) in [7, 11) is 0. The van der Waals surface area contributed by atoms with Crippen LogP contribution in [0.3, 0.4) is 0 Å². The van der Waals surface area contributed by atoms with E-state index in [2.05, 4.69) is 20.8 Å². The Morgan fingerprint density at radius 3 is 2.88 bits per heavy atom. The molecule has 17 heavy (non-hydrogen) atoms. The molecule has 5 heteroatoms. The second kappa shape index (κ2) is 5.35. The van der Waals surface area contributed by atoms with Crippen molar-refractivity contribution in [3.8, 4) is 0 Å². The van der Waals surface area contributed by atoms with Gasteiger partial charge in [-0.1, -0.05) is 6.07 Å². The van der Waals surface area contributed by atoms with Crippen LogP contribution in [0.4, 0.5) is 0 Å². The van der Waals surface area contributed by atoms with Crippen LogP contribution < -0.4 is 11.3 Å². The summed E-state index contributed by atoms with van der Waals surface area (Å²) >= 11 is 1.66. The first kappa shape index (κ1) is 12.2. The number of pyridine rings is 1. The van der Waals surface area contributed by atoms with Crippen LogP contribution in [-0.4, -0.2) is 9.97 Å². The van der Waals surface area contributed by atoms with Crippen molar-refractivity contribution >= 4 is 11.3 Å². The van der Waals surface area contributed by atoms with Crippen molar-refractivity contribution in [2.24, 2.45) is 5.84 Å². The van der Waals surface area contributed by atoms with E-state index < -0.39 is 0 Å². The summed E-state index contributed by atoms with van der Waals surface area (Å²) in [4.78, 5) is 8.74. The molecule has 0 aliphatic heterocycles. The number of thiazole rings is 1. The maximum Gasteiger partial charge on any atom is 0.0897 e. The molecule has 3 N–H and O–H groups in total. The Morgan fingerprint density at radius 1 is 1.47 bits per heavy atom. The van der Waals surface area contributed by atoms with Gasteiger partial charge in [0, 0.05) is 23.7 Å². The van der Waals surface area contributed by atoms with Crippen molar-refractivity contribution in [1.29, 1.82) is 0 Å². The van der Waals surface area contributed by atoms with E-state index in [0.29, 0.717) is 0 Å². The molecule has 0 aromatic carbocycles. The lowest BCUT2D eigenvalue weighted by Gasteiger charge is -2.16. The number of hydrogen-bond acceptors (Lipinski definition) is 5. The van der Waals surface area contributed by atoms with Crippen LogP contribution in [0.2, 0.25) is 0 Å². The predicted octanol–water partition coefficient (Wildman–Crippen LogP) is 1.90. The lowest BCUT2D eigenvalue weighted by Crippen LogP contribution is -2.30. The minimum Gasteiger partial charge on any atom is -0.271 e. The minimum atomic E-state index is 0.0604. The SMILES string of the molecule is Cc1nc(CC(NN)c2cccnc2C)cs1. The first-order valence-corrected chi connectivity index (χ1v) is 6.37. The van der Waals surface area contributed by atoms with Crippen LogP contribution >= 0.6 is 11.3 Å². The number of nitrogens with one attached hydrogen (secondary N) is 1. The highest BCUT2D eigenvalue weighted by atomic mass is 32.1. The number of hydrazine groups is 1. The van der Waals surface area contributed by atoms with Crippen LogP contribution in [0.1, 0.15) is 28.0 Å². The van der Waals surface area contributed by atoms with Crippen LogP contribution in [0.25, 0.3) is 0 Å². The highest BCUT2D eigenvalue weighted by Crippen LogP contribution is 2.20. The maximum absolute atomic E-state index is 5.63. The Bertz CT molecular complexity index is 495. The summed E-state index contributed by atoms with van der Waals surface area (Å²) in [6.45, 7) is 4.00. The Morgan fingerprint density at radius 2 is 2.29 bits per heavy atom. The molecule has 90 valence electrons. The van der Waals surface area contributed by atoms with E-state index in [1.807, 2.05) is 26.0 Å². The molecule has 1 unspecified atom stereocenters. The molecule has 0 radical (unpaired) electrons. The monoisotopic (exact) mass is 248 g/mol. The number of nitrogens with two attached hydrogens (primary N) is 1. The van der Waals surface area contributed by atoms with Crippen molar-refractivity contribution < 1.29 is 0 Å². The third-order valence-electron chi connectivity index (χ3n) is 2.70. The molecule has 2 aromatic rings. The van der Waals surface area contributed by atoms with Gasteiger partial charge < -0.3 is 0 Å². The van der Waals surface area contributed by atoms with Gasteiger partial charge >= 0.3 is 0 Å². The number of nitrogens with zero attached hydrogens (tertiary/aromatic N) is 2. The smallest absolute Gasteiger partial charge is 0.0897 e. The highest BCUT2D eigenvalue weighted by Gasteiger charge is 2.14. The van der Waals surface area contributed by atoms with Crippen molar-refractivity contribution in [1.82, 2.24) is 15.4 Å². The zero-order valence-electron chi connectivity index (χ0n) is 9.97. The number of aryl methyl sites for hydroxylation is 2. The molecular formula is C12H16N4S. The lowest BCUT2D eigenvalue weighted by atomic mass is 10.0. The molecule has 0 bridgehead atoms. The molecule has 0 aliphatic rings. The molecule has 0 saturated heterocycles. The Balaban J connectivity index is 2.20. The molecule has 1 atom stereocenters. The maximum atomic E-state index is 5.63. The van der Waals surface area contributed by atoms with Gasteiger partial charge in [-0.15, -0.1) is 11.3 Å². The van der Waals surface area contributed by atoms with Gasteiger partial charge in [0.05, 0.1) is 16.7 Å². The Kier molecular flexibility index (Phi) is 3.83. The summed E-state index contributed by atoms with van der Waals surface area (Å²) in [6.07, 6.45) is 2.58. The van der Waals surface area contributed by atoms with Gasteiger partial charge in [0.2, 0.25) is 0 Å². The van der Waals surface area contributed by atoms with Gasteiger partial charge in [0.1, 0.15) is 0 Å². The first-order valence-electron chi connectivity index (χ1n) is 5.49. The average Bonchev–Trinajstić information content (AvgIpc) is 2.73. The van der Waals surface area contributed by atoms with E-state index >= 15 is 0 Å². The van der Waals surface area contributed by atoms with E-state index in [1.54, 1.807) is 17.5 Å². The van der Waals surface area contributed by atoms with Gasteiger partial charge in [-0.25, -0.2) is 4.98 Å². The predicted molar refractivity (Wildman–Crippen MR) is 69.6 cm³/mol. The quantitative estimate of drug-likeness (QED) is 0.641. The van der Waals surface area contributed by atoms with Crippen molar-refractivity contribution in [2.75, 3.05) is 0 Å². The van der Waals surface area contributed by atoms with Gasteiger partial charge in [-0.3, -0.25) is 16.3 Å². The van der Waals surface area contributed by atoms with Crippen molar-refractivity contribution in [2.45, 2.75) is 26.3 Å². The largest absolute Gasteiger partial charge is 0.271 e. The number of aromatic nitrogens is 2. The van der Waals surface area contributed by atoms with Crippen LogP contribution in [0.15, 0.2) is 23.7 Å². The normalized spacial score (nSPS) is 12.6. The lowest BCUT2D eigenvalue weighted by molar-refractivity contribution is 0.542. The summed E-state index contributed by atoms with van der Waals surface area (Å²) < 4.78 is 0. The van der Waals surface area contributed by atoms with Crippen LogP contribution in [0, 0.1) is 13.8 Å². The zero-order chi connectivity index (χ0) is 12.3. The standard InChI is InChI=1S/C12H16N4S/c1-8-11(4-3-5-14-8)12(16-13)6-10-7-17-9(2)15-10/h3-5,7,12,16H,6,13H2,1-2H3. The first-order chi connectivity index (χ1) is 8.20. The molecular weight excluding hydrogens is 232 g/mol. The highest BCUT2D eigenvalue weighted by molar-refractivity contribution is 7.09. The van der Waals surface area contributed by atoms with Gasteiger partial charge in [0.15, 0.2) is 0 Å². The van der Waals surface area contributed by atoms with Crippen molar-refractivity contribution in [3.05, 3.63) is 45.7 Å². The molecule has 4 nitrogen and oxygen atoms in total. The third kappa shape index (κ3) is 2.88. The summed E-state index contributed by atoms with van der Waals surface area (Å²) in [5.74, 6) is 5.63. The average molecular weight is 248 g/mol. The molecule has 2 rings (SSSR count). The Hall–Kier alpha value is -1.30. The van der Waals surface area contributed by atoms with Crippen LogP contribution in [-0.2, 0) is 6.42 Å². The van der Waals surface area contributed by atoms with E-state index in [4.69, 9.17) is 5.84 Å². The fraction of sp³-hybridized carbons (Fsp3) is 0.333. The fourth-order valence-electron chi connectivity index (χ4n) is 1.83. The second-order valence-corrected chi connectivity index (χ2v) is 5.02.